The maximum atomic E-state index is 11.1. The number of nitrogens with zero attached hydrogens (tertiary/aromatic N) is 2. The second-order valence-corrected chi connectivity index (χ2v) is 3.18. The van der Waals surface area contributed by atoms with Crippen LogP contribution in [0.5, 0.6) is 0 Å². The minimum atomic E-state index is -0.334. The van der Waals surface area contributed by atoms with E-state index in [-0.39, 0.29) is 5.97 Å². The van der Waals surface area contributed by atoms with Crippen LogP contribution in [0.25, 0.3) is 0 Å². The Morgan fingerprint density at radius 2 is 2.50 bits per heavy atom. The third-order valence-electron chi connectivity index (χ3n) is 1.48. The zero-order valence-corrected chi connectivity index (χ0v) is 9.03. The third-order valence-corrected chi connectivity index (χ3v) is 2.62. The lowest BCUT2D eigenvalue weighted by atomic mass is 10.4. The summed E-state index contributed by atoms with van der Waals surface area (Å²) < 4.78 is 7.14. The Balaban J connectivity index is 3.02. The molecule has 1 heterocycles. The van der Waals surface area contributed by atoms with Gasteiger partial charge >= 0.3 is 5.97 Å². The lowest BCUT2D eigenvalue weighted by molar-refractivity contribution is 0.0599. The monoisotopic (exact) mass is 280 g/mol. The van der Waals surface area contributed by atoms with Gasteiger partial charge in [-0.25, -0.2) is 4.79 Å². The van der Waals surface area contributed by atoms with Crippen molar-refractivity contribution < 1.29 is 9.53 Å². The molecule has 0 aromatic carbocycles. The summed E-state index contributed by atoms with van der Waals surface area (Å²) in [5.41, 5.74) is 0.528. The van der Waals surface area contributed by atoms with Crippen LogP contribution in [0.4, 0.5) is 0 Å². The minimum Gasteiger partial charge on any atom is -0.465 e. The zero-order chi connectivity index (χ0) is 9.14. The molecule has 0 saturated carbocycles. The quantitative estimate of drug-likeness (QED) is 0.605. The molecule has 1 aromatic rings. The van der Waals surface area contributed by atoms with Crippen molar-refractivity contribution in [2.24, 2.45) is 0 Å². The SMILES string of the molecule is CCn1ncc(C(=O)OC)c1I. The number of halogens is 1. The second kappa shape index (κ2) is 3.88. The first-order valence-corrected chi connectivity index (χ1v) is 4.58. The van der Waals surface area contributed by atoms with Crippen LogP contribution in [0.2, 0.25) is 0 Å². The standard InChI is InChI=1S/C7H9IN2O2/c1-3-10-6(8)5(4-9-10)7(11)12-2/h4H,3H2,1-2H3. The van der Waals surface area contributed by atoms with Gasteiger partial charge in [0.1, 0.15) is 9.26 Å². The lowest BCUT2D eigenvalue weighted by Gasteiger charge is -1.98. The van der Waals surface area contributed by atoms with Gasteiger partial charge in [-0.3, -0.25) is 4.68 Å². The fourth-order valence-electron chi connectivity index (χ4n) is 0.838. The molecule has 0 aliphatic rings. The molecule has 4 nitrogen and oxygen atoms in total. The summed E-state index contributed by atoms with van der Waals surface area (Å²) in [7, 11) is 1.36. The van der Waals surface area contributed by atoms with Crippen LogP contribution < -0.4 is 0 Å². The van der Waals surface area contributed by atoms with Gasteiger partial charge in [0.2, 0.25) is 0 Å². The highest BCUT2D eigenvalue weighted by Crippen LogP contribution is 2.12. The summed E-state index contributed by atoms with van der Waals surface area (Å²) in [5.74, 6) is -0.334. The van der Waals surface area contributed by atoms with Crippen LogP contribution in [-0.2, 0) is 11.3 Å². The van der Waals surface area contributed by atoms with Crippen molar-refractivity contribution in [2.75, 3.05) is 7.11 Å². The predicted molar refractivity (Wildman–Crippen MR) is 52.0 cm³/mol. The largest absolute Gasteiger partial charge is 0.465 e. The van der Waals surface area contributed by atoms with Crippen molar-refractivity contribution in [3.8, 4) is 0 Å². The smallest absolute Gasteiger partial charge is 0.342 e. The van der Waals surface area contributed by atoms with Crippen molar-refractivity contribution in [2.45, 2.75) is 13.5 Å². The average molecular weight is 280 g/mol. The maximum Gasteiger partial charge on any atom is 0.342 e. The molecule has 1 aromatic heterocycles. The van der Waals surface area contributed by atoms with Gasteiger partial charge in [0.25, 0.3) is 0 Å². The van der Waals surface area contributed by atoms with E-state index in [0.717, 1.165) is 10.2 Å². The summed E-state index contributed by atoms with van der Waals surface area (Å²) in [4.78, 5) is 11.1. The van der Waals surface area contributed by atoms with Gasteiger partial charge in [-0.05, 0) is 29.5 Å². The van der Waals surface area contributed by atoms with Gasteiger partial charge < -0.3 is 4.74 Å². The first-order chi connectivity index (χ1) is 5.70. The number of hydrogen-bond acceptors (Lipinski definition) is 3. The molecular formula is C7H9IN2O2. The van der Waals surface area contributed by atoms with E-state index in [9.17, 15) is 4.79 Å². The molecule has 0 amide bonds. The van der Waals surface area contributed by atoms with Gasteiger partial charge in [0.05, 0.1) is 13.3 Å². The van der Waals surface area contributed by atoms with Crippen LogP contribution in [0.3, 0.4) is 0 Å². The number of methoxy groups -OCH3 is 1. The Bertz CT molecular complexity index is 296. The molecule has 0 bridgehead atoms. The molecule has 1 rings (SSSR count). The van der Waals surface area contributed by atoms with Crippen molar-refractivity contribution in [3.63, 3.8) is 0 Å². The minimum absolute atomic E-state index is 0.334. The number of aryl methyl sites for hydroxylation is 1. The molecule has 0 aliphatic heterocycles. The Morgan fingerprint density at radius 3 is 2.92 bits per heavy atom. The first-order valence-electron chi connectivity index (χ1n) is 3.50. The fraction of sp³-hybridized carbons (Fsp3) is 0.429. The molecule has 0 radical (unpaired) electrons. The average Bonchev–Trinajstić information content (AvgIpc) is 2.45. The molecule has 12 heavy (non-hydrogen) atoms. The molecule has 0 fully saturated rings. The number of carbonyl (C=O) groups excluding carboxylic acids is 1. The highest BCUT2D eigenvalue weighted by Gasteiger charge is 2.14. The van der Waals surface area contributed by atoms with Gasteiger partial charge in [0.15, 0.2) is 0 Å². The van der Waals surface area contributed by atoms with E-state index in [1.807, 2.05) is 6.92 Å². The number of aromatic nitrogens is 2. The molecular weight excluding hydrogens is 271 g/mol. The Labute approximate surface area is 84.0 Å². The Morgan fingerprint density at radius 1 is 1.83 bits per heavy atom. The molecule has 0 aliphatic carbocycles. The molecule has 0 spiro atoms. The number of ether oxygens (including phenoxy) is 1. The lowest BCUT2D eigenvalue weighted by Crippen LogP contribution is -2.04. The van der Waals surface area contributed by atoms with E-state index < -0.39 is 0 Å². The van der Waals surface area contributed by atoms with Crippen molar-refractivity contribution in [1.82, 2.24) is 9.78 Å². The highest BCUT2D eigenvalue weighted by molar-refractivity contribution is 14.1. The normalized spacial score (nSPS) is 9.92. The van der Waals surface area contributed by atoms with E-state index in [4.69, 9.17) is 0 Å². The highest BCUT2D eigenvalue weighted by atomic mass is 127. The van der Waals surface area contributed by atoms with E-state index in [2.05, 4.69) is 32.4 Å². The topological polar surface area (TPSA) is 44.1 Å². The van der Waals surface area contributed by atoms with Crippen LogP contribution in [0, 0.1) is 3.70 Å². The Hall–Kier alpha value is -0.590. The number of carbonyl (C=O) groups is 1. The van der Waals surface area contributed by atoms with Crippen LogP contribution in [0.15, 0.2) is 6.20 Å². The molecule has 0 atom stereocenters. The third kappa shape index (κ3) is 1.60. The maximum absolute atomic E-state index is 11.1. The number of hydrogen-bond donors (Lipinski definition) is 0. The summed E-state index contributed by atoms with van der Waals surface area (Å²) in [5, 5.41) is 4.01. The van der Waals surface area contributed by atoms with Gasteiger partial charge in [0, 0.05) is 6.54 Å². The van der Waals surface area contributed by atoms with E-state index in [1.54, 1.807) is 4.68 Å². The van der Waals surface area contributed by atoms with E-state index in [1.165, 1.54) is 13.3 Å². The van der Waals surface area contributed by atoms with Crippen LogP contribution in [0.1, 0.15) is 17.3 Å². The van der Waals surface area contributed by atoms with Crippen molar-refractivity contribution in [3.05, 3.63) is 15.5 Å². The van der Waals surface area contributed by atoms with Gasteiger partial charge in [-0.1, -0.05) is 0 Å². The number of esters is 1. The van der Waals surface area contributed by atoms with Gasteiger partial charge in [-0.2, -0.15) is 5.10 Å². The number of rotatable bonds is 2. The van der Waals surface area contributed by atoms with Crippen molar-refractivity contribution >= 4 is 28.6 Å². The van der Waals surface area contributed by atoms with Crippen molar-refractivity contribution in [1.29, 1.82) is 0 Å². The molecule has 0 N–H and O–H groups in total. The van der Waals surface area contributed by atoms with E-state index in [0.29, 0.717) is 5.56 Å². The van der Waals surface area contributed by atoms with E-state index >= 15 is 0 Å². The molecule has 66 valence electrons. The summed E-state index contributed by atoms with van der Waals surface area (Å²) in [6.07, 6.45) is 1.52. The molecule has 5 heteroatoms. The summed E-state index contributed by atoms with van der Waals surface area (Å²) >= 11 is 2.07. The molecule has 0 saturated heterocycles. The zero-order valence-electron chi connectivity index (χ0n) is 6.87. The predicted octanol–water partition coefficient (Wildman–Crippen LogP) is 1.29. The molecule has 0 unspecified atom stereocenters. The summed E-state index contributed by atoms with van der Waals surface area (Å²) in [6, 6.07) is 0. The van der Waals surface area contributed by atoms with Gasteiger partial charge in [-0.15, -0.1) is 0 Å². The summed E-state index contributed by atoms with van der Waals surface area (Å²) in [6.45, 7) is 2.73. The Kier molecular flexibility index (Phi) is 3.07. The second-order valence-electron chi connectivity index (χ2n) is 2.16. The first kappa shape index (κ1) is 9.50. The van der Waals surface area contributed by atoms with Crippen LogP contribution in [-0.4, -0.2) is 22.9 Å². The van der Waals surface area contributed by atoms with Crippen LogP contribution >= 0.6 is 22.6 Å². The fourth-order valence-corrected chi connectivity index (χ4v) is 1.66.